The van der Waals surface area contributed by atoms with Gasteiger partial charge in [0.1, 0.15) is 5.75 Å². The van der Waals surface area contributed by atoms with Crippen molar-refractivity contribution in [1.29, 1.82) is 0 Å². The van der Waals surface area contributed by atoms with Gasteiger partial charge in [-0.25, -0.2) is 4.79 Å². The number of rotatable bonds is 14. The highest BCUT2D eigenvalue weighted by atomic mass is 16.8. The van der Waals surface area contributed by atoms with Crippen molar-refractivity contribution in [1.82, 2.24) is 0 Å². The standard InChI is InChI=1S/C34H48O8/c1-26-16-19-28(20-17-26)38-23-9-5-12-27-18-21-30(35)29(27)13-4-3-8-22-34(33(36)37-2,41-31-14-6-10-24-39-31)42-32-15-7-11-25-40-32/h4-5,8,12,16-17,19-20,27,29-32,35H,6-7,9-11,13-15,18,21-25H2,1-2H3/b12-5+/t3?,27-,29+,30-,31?,32?,34?/m0/s1. The highest BCUT2D eigenvalue weighted by Gasteiger charge is 2.47. The van der Waals surface area contributed by atoms with Crippen molar-refractivity contribution in [3.8, 4) is 5.75 Å². The molecule has 2 heterocycles. The highest BCUT2D eigenvalue weighted by molar-refractivity contribution is 5.78. The molecule has 42 heavy (non-hydrogen) atoms. The summed E-state index contributed by atoms with van der Waals surface area (Å²) in [4.78, 5) is 13.1. The van der Waals surface area contributed by atoms with Gasteiger partial charge in [-0.3, -0.25) is 0 Å². The van der Waals surface area contributed by atoms with E-state index >= 15 is 0 Å². The number of hydrogen-bond donors (Lipinski definition) is 1. The molecule has 8 nitrogen and oxygen atoms in total. The molecule has 1 N–H and O–H groups in total. The Morgan fingerprint density at radius 1 is 1.00 bits per heavy atom. The van der Waals surface area contributed by atoms with E-state index in [2.05, 4.69) is 24.8 Å². The van der Waals surface area contributed by atoms with Crippen molar-refractivity contribution in [3.05, 3.63) is 59.9 Å². The molecule has 3 aliphatic rings. The predicted molar refractivity (Wildman–Crippen MR) is 159 cm³/mol. The van der Waals surface area contributed by atoms with Crippen LogP contribution in [0.4, 0.5) is 0 Å². The minimum absolute atomic E-state index is 0.105. The van der Waals surface area contributed by atoms with Gasteiger partial charge in [-0.15, -0.1) is 5.73 Å². The van der Waals surface area contributed by atoms with E-state index in [0.717, 1.165) is 50.7 Å². The second-order valence-electron chi connectivity index (χ2n) is 11.4. The van der Waals surface area contributed by atoms with E-state index < -0.39 is 24.3 Å². The van der Waals surface area contributed by atoms with Gasteiger partial charge in [0, 0.05) is 19.6 Å². The fourth-order valence-corrected chi connectivity index (χ4v) is 5.77. The highest BCUT2D eigenvalue weighted by Crippen LogP contribution is 2.36. The number of esters is 1. The van der Waals surface area contributed by atoms with E-state index in [9.17, 15) is 9.90 Å². The molecule has 1 aromatic carbocycles. The summed E-state index contributed by atoms with van der Waals surface area (Å²) in [6, 6.07) is 8.07. The summed E-state index contributed by atoms with van der Waals surface area (Å²) in [7, 11) is 1.33. The van der Waals surface area contributed by atoms with Crippen LogP contribution in [0.5, 0.6) is 5.75 Å². The molecule has 0 radical (unpaired) electrons. The van der Waals surface area contributed by atoms with Gasteiger partial charge in [-0.05, 0) is 107 Å². The van der Waals surface area contributed by atoms with Crippen LogP contribution in [0.2, 0.25) is 0 Å². The van der Waals surface area contributed by atoms with Crippen LogP contribution < -0.4 is 4.74 Å². The van der Waals surface area contributed by atoms with Gasteiger partial charge in [0.15, 0.2) is 12.6 Å². The van der Waals surface area contributed by atoms with Crippen LogP contribution in [0, 0.1) is 18.8 Å². The van der Waals surface area contributed by atoms with Crippen LogP contribution in [0.3, 0.4) is 0 Å². The van der Waals surface area contributed by atoms with Crippen molar-refractivity contribution in [2.75, 3.05) is 26.9 Å². The maximum atomic E-state index is 13.1. The number of carbonyl (C=O) groups excluding carboxylic acids is 1. The lowest BCUT2D eigenvalue weighted by molar-refractivity contribution is -0.350. The molecule has 0 aromatic heterocycles. The van der Waals surface area contributed by atoms with Crippen LogP contribution in [0.1, 0.15) is 76.2 Å². The average molecular weight is 585 g/mol. The third-order valence-corrected chi connectivity index (χ3v) is 8.21. The second kappa shape index (κ2) is 17.0. The largest absolute Gasteiger partial charge is 0.493 e. The zero-order valence-electron chi connectivity index (χ0n) is 25.2. The number of aryl methyl sites for hydroxylation is 1. The molecule has 0 spiro atoms. The Balaban J connectivity index is 1.34. The smallest absolute Gasteiger partial charge is 0.367 e. The molecule has 0 amide bonds. The Kier molecular flexibility index (Phi) is 13.1. The van der Waals surface area contributed by atoms with Crippen LogP contribution >= 0.6 is 0 Å². The van der Waals surface area contributed by atoms with Crippen LogP contribution in [-0.4, -0.2) is 62.5 Å². The predicted octanol–water partition coefficient (Wildman–Crippen LogP) is 6.15. The molecule has 4 rings (SSSR count). The molecule has 5 atom stereocenters. The maximum absolute atomic E-state index is 13.1. The first kappa shape index (κ1) is 32.5. The number of ether oxygens (including phenoxy) is 6. The van der Waals surface area contributed by atoms with Gasteiger partial charge >= 0.3 is 5.97 Å². The lowest BCUT2D eigenvalue weighted by Gasteiger charge is -2.38. The average Bonchev–Trinajstić information content (AvgIpc) is 3.36. The van der Waals surface area contributed by atoms with Crippen molar-refractivity contribution in [2.45, 2.75) is 102 Å². The summed E-state index contributed by atoms with van der Waals surface area (Å²) in [5, 5.41) is 10.6. The van der Waals surface area contributed by atoms with Crippen LogP contribution in [0.25, 0.3) is 0 Å². The molecule has 2 unspecified atom stereocenters. The van der Waals surface area contributed by atoms with Crippen LogP contribution in [0.15, 0.2) is 54.3 Å². The zero-order chi connectivity index (χ0) is 29.6. The SMILES string of the molecule is COC(=O)C(CC=C=CC[C@H]1[C@@H](O)CC[C@@H]1/C=C/CCOc1ccc(C)cc1)(OC1CCCCO1)OC1CCCCO1. The monoisotopic (exact) mass is 584 g/mol. The molecule has 2 saturated heterocycles. The molecular weight excluding hydrogens is 536 g/mol. The van der Waals surface area contributed by atoms with Crippen molar-refractivity contribution >= 4 is 5.97 Å². The summed E-state index contributed by atoms with van der Waals surface area (Å²) < 4.78 is 34.9. The van der Waals surface area contributed by atoms with Gasteiger partial charge in [0.25, 0.3) is 5.79 Å². The summed E-state index contributed by atoms with van der Waals surface area (Å²) in [5.74, 6) is -1.01. The third-order valence-electron chi connectivity index (χ3n) is 8.21. The quantitative estimate of drug-likeness (QED) is 0.0915. The van der Waals surface area contributed by atoms with Crippen molar-refractivity contribution in [2.24, 2.45) is 11.8 Å². The van der Waals surface area contributed by atoms with Gasteiger partial charge < -0.3 is 33.5 Å². The molecule has 8 heteroatoms. The van der Waals surface area contributed by atoms with Crippen LogP contribution in [-0.2, 0) is 28.5 Å². The summed E-state index contributed by atoms with van der Waals surface area (Å²) in [6.45, 7) is 3.84. The molecule has 0 bridgehead atoms. The Labute approximate surface area is 250 Å². The fraction of sp³-hybridized carbons (Fsp3) is 0.647. The van der Waals surface area contributed by atoms with E-state index in [4.69, 9.17) is 28.4 Å². The second-order valence-corrected chi connectivity index (χ2v) is 11.4. The molecule has 1 saturated carbocycles. The lowest BCUT2D eigenvalue weighted by atomic mass is 9.91. The van der Waals surface area contributed by atoms with E-state index in [1.165, 1.54) is 12.7 Å². The number of aliphatic hydroxyl groups is 1. The summed E-state index contributed by atoms with van der Waals surface area (Å²) in [6.07, 6.45) is 15.1. The maximum Gasteiger partial charge on any atom is 0.367 e. The summed E-state index contributed by atoms with van der Waals surface area (Å²) >= 11 is 0. The number of allylic oxidation sites excluding steroid dienone is 1. The van der Waals surface area contributed by atoms with Crippen molar-refractivity contribution in [3.63, 3.8) is 0 Å². The summed E-state index contributed by atoms with van der Waals surface area (Å²) in [5.41, 5.74) is 4.42. The molecule has 232 valence electrons. The molecule has 2 aliphatic heterocycles. The normalized spacial score (nSPS) is 27.6. The molecule has 1 aromatic rings. The van der Waals surface area contributed by atoms with Gasteiger partial charge in [0.05, 0.1) is 19.8 Å². The number of benzene rings is 1. The minimum Gasteiger partial charge on any atom is -0.493 e. The number of aliphatic hydroxyl groups excluding tert-OH is 1. The van der Waals surface area contributed by atoms with E-state index in [1.54, 1.807) is 6.08 Å². The Morgan fingerprint density at radius 2 is 1.69 bits per heavy atom. The van der Waals surface area contributed by atoms with Gasteiger partial charge in [-0.2, -0.15) is 0 Å². The van der Waals surface area contributed by atoms with E-state index in [-0.39, 0.29) is 18.4 Å². The molecule has 1 aliphatic carbocycles. The molecule has 3 fully saturated rings. The van der Waals surface area contributed by atoms with Crippen molar-refractivity contribution < 1.29 is 38.3 Å². The molecular formula is C34H48O8. The topological polar surface area (TPSA) is 92.7 Å². The fourth-order valence-electron chi connectivity index (χ4n) is 5.77. The minimum atomic E-state index is -1.68. The first-order valence-electron chi connectivity index (χ1n) is 15.6. The third kappa shape index (κ3) is 9.80. The number of methoxy groups -OCH3 is 1. The van der Waals surface area contributed by atoms with E-state index in [1.807, 2.05) is 30.3 Å². The van der Waals surface area contributed by atoms with Gasteiger partial charge in [0.2, 0.25) is 0 Å². The number of carbonyl (C=O) groups is 1. The Bertz CT molecular complexity index is 1010. The first-order chi connectivity index (χ1) is 20.5. The number of hydrogen-bond acceptors (Lipinski definition) is 8. The lowest BCUT2D eigenvalue weighted by Crippen LogP contribution is -2.51. The Hall–Kier alpha value is -2.45. The Morgan fingerprint density at radius 3 is 2.31 bits per heavy atom. The zero-order valence-corrected chi connectivity index (χ0v) is 25.2. The van der Waals surface area contributed by atoms with Gasteiger partial charge in [-0.1, -0.05) is 29.8 Å². The van der Waals surface area contributed by atoms with E-state index in [0.29, 0.717) is 45.0 Å². The first-order valence-corrected chi connectivity index (χ1v) is 15.6.